The fraction of sp³-hybridized carbons (Fsp3) is 0.500. The van der Waals surface area contributed by atoms with Crippen LogP contribution in [-0.4, -0.2) is 25.9 Å². The van der Waals surface area contributed by atoms with Crippen LogP contribution in [0.3, 0.4) is 0 Å². The van der Waals surface area contributed by atoms with Crippen LogP contribution in [0.15, 0.2) is 42.7 Å². The zero-order valence-corrected chi connectivity index (χ0v) is 15.4. The number of pyridine rings is 1. The van der Waals surface area contributed by atoms with E-state index in [2.05, 4.69) is 11.9 Å². The number of phenolic OH excluding ortho intramolecular Hbond substituents is 1. The normalized spacial score (nSPS) is 36.2. The Kier molecular flexibility index (Phi) is 3.90. The third kappa shape index (κ3) is 2.32. The Morgan fingerprint density at radius 3 is 2.73 bits per heavy atom. The molecule has 1 aromatic carbocycles. The van der Waals surface area contributed by atoms with Gasteiger partial charge in [-0.15, -0.1) is 0 Å². The molecule has 4 heteroatoms. The van der Waals surface area contributed by atoms with Crippen molar-refractivity contribution in [3.63, 3.8) is 0 Å². The molecule has 26 heavy (non-hydrogen) atoms. The van der Waals surface area contributed by atoms with Crippen molar-refractivity contribution in [3.05, 3.63) is 59.4 Å². The molecule has 0 saturated heterocycles. The molecule has 4 nitrogen and oxygen atoms in total. The van der Waals surface area contributed by atoms with Crippen LogP contribution in [-0.2, 0) is 17.4 Å². The molecular weight excluding hydrogens is 326 g/mol. The number of aryl methyl sites for hydroxylation is 1. The summed E-state index contributed by atoms with van der Waals surface area (Å²) in [5.41, 5.74) is 0.326. The lowest BCUT2D eigenvalue weighted by molar-refractivity contribution is -0.205. The minimum atomic E-state index is -1.31. The second kappa shape index (κ2) is 5.80. The first kappa shape index (κ1) is 17.5. The smallest absolute Gasteiger partial charge is 0.120 e. The summed E-state index contributed by atoms with van der Waals surface area (Å²) < 4.78 is 0. The predicted molar refractivity (Wildman–Crippen MR) is 99.9 cm³/mol. The summed E-state index contributed by atoms with van der Waals surface area (Å²) in [6.07, 6.45) is 7.09. The first-order chi connectivity index (χ1) is 12.3. The van der Waals surface area contributed by atoms with E-state index < -0.39 is 11.2 Å². The zero-order chi connectivity index (χ0) is 18.6. The molecule has 2 aromatic rings. The maximum absolute atomic E-state index is 11.6. The van der Waals surface area contributed by atoms with Crippen LogP contribution in [0.1, 0.15) is 56.2 Å². The number of benzene rings is 1. The van der Waals surface area contributed by atoms with Crippen LogP contribution >= 0.6 is 0 Å². The van der Waals surface area contributed by atoms with Crippen molar-refractivity contribution >= 4 is 0 Å². The third-order valence-corrected chi connectivity index (χ3v) is 7.03. The monoisotopic (exact) mass is 353 g/mol. The van der Waals surface area contributed by atoms with Gasteiger partial charge in [-0.25, -0.2) is 0 Å². The Morgan fingerprint density at radius 1 is 1.23 bits per heavy atom. The molecule has 1 fully saturated rings. The number of hydrogen-bond acceptors (Lipinski definition) is 4. The molecule has 138 valence electrons. The van der Waals surface area contributed by atoms with Gasteiger partial charge in [-0.3, -0.25) is 4.98 Å². The number of nitrogens with zero attached hydrogens (tertiary/aromatic N) is 1. The molecule has 1 heterocycles. The topological polar surface area (TPSA) is 73.6 Å². The van der Waals surface area contributed by atoms with E-state index in [0.717, 1.165) is 19.3 Å². The Morgan fingerprint density at radius 2 is 2.04 bits per heavy atom. The van der Waals surface area contributed by atoms with Crippen molar-refractivity contribution in [2.24, 2.45) is 5.92 Å². The summed E-state index contributed by atoms with van der Waals surface area (Å²) in [7, 11) is 0. The molecule has 0 spiro atoms. The van der Waals surface area contributed by atoms with E-state index in [1.165, 1.54) is 11.1 Å². The summed E-state index contributed by atoms with van der Waals surface area (Å²) in [5, 5.41) is 32.9. The lowest BCUT2D eigenvalue weighted by Crippen LogP contribution is -2.62. The van der Waals surface area contributed by atoms with Gasteiger partial charge in [-0.2, -0.15) is 0 Å². The molecule has 0 radical (unpaired) electrons. The van der Waals surface area contributed by atoms with E-state index in [0.29, 0.717) is 24.2 Å². The number of aromatic nitrogens is 1. The van der Waals surface area contributed by atoms with Crippen molar-refractivity contribution < 1.29 is 15.3 Å². The number of aliphatic hydroxyl groups is 2. The predicted octanol–water partition coefficient (Wildman–Crippen LogP) is 3.43. The average molecular weight is 353 g/mol. The van der Waals surface area contributed by atoms with Crippen LogP contribution in [0.4, 0.5) is 0 Å². The molecule has 0 amide bonds. The van der Waals surface area contributed by atoms with Crippen LogP contribution in [0, 0.1) is 5.92 Å². The van der Waals surface area contributed by atoms with Gasteiger partial charge >= 0.3 is 0 Å². The quantitative estimate of drug-likeness (QED) is 0.773. The van der Waals surface area contributed by atoms with Gasteiger partial charge in [0.05, 0.1) is 5.60 Å². The van der Waals surface area contributed by atoms with Crippen molar-refractivity contribution in [3.8, 4) is 5.75 Å². The van der Waals surface area contributed by atoms with E-state index in [4.69, 9.17) is 0 Å². The first-order valence-corrected chi connectivity index (χ1v) is 9.50. The fourth-order valence-corrected chi connectivity index (χ4v) is 5.61. The summed E-state index contributed by atoms with van der Waals surface area (Å²) in [4.78, 5) is 4.16. The standard InChI is InChI=1S/C22H27NO3/c1-3-21-14-20(2,25)22(26,17-5-4-10-23-13-17)12-16(21)7-6-15-11-18(24)8-9-19(15)21/h4-5,8-11,13,16,24-26H,3,6-7,12,14H2,1-2H3/t16-,20?,21?,22?/m1/s1. The highest BCUT2D eigenvalue weighted by Gasteiger charge is 2.60. The van der Waals surface area contributed by atoms with E-state index in [9.17, 15) is 15.3 Å². The van der Waals surface area contributed by atoms with Gasteiger partial charge in [0.1, 0.15) is 11.4 Å². The zero-order valence-electron chi connectivity index (χ0n) is 15.4. The minimum absolute atomic E-state index is 0.181. The van der Waals surface area contributed by atoms with Crippen LogP contribution in [0.5, 0.6) is 5.75 Å². The Hall–Kier alpha value is -1.91. The van der Waals surface area contributed by atoms with E-state index in [1.807, 2.05) is 24.3 Å². The van der Waals surface area contributed by atoms with E-state index in [1.54, 1.807) is 25.4 Å². The molecule has 4 rings (SSSR count). The highest BCUT2D eigenvalue weighted by atomic mass is 16.4. The summed E-state index contributed by atoms with van der Waals surface area (Å²) in [6, 6.07) is 9.29. The fourth-order valence-electron chi connectivity index (χ4n) is 5.61. The maximum Gasteiger partial charge on any atom is 0.120 e. The minimum Gasteiger partial charge on any atom is -0.508 e. The Balaban J connectivity index is 1.83. The van der Waals surface area contributed by atoms with Crippen molar-refractivity contribution in [2.75, 3.05) is 0 Å². The van der Waals surface area contributed by atoms with Gasteiger partial charge < -0.3 is 15.3 Å². The summed E-state index contributed by atoms with van der Waals surface area (Å²) in [5.74, 6) is 0.567. The van der Waals surface area contributed by atoms with Crippen molar-refractivity contribution in [2.45, 2.75) is 62.6 Å². The van der Waals surface area contributed by atoms with Gasteiger partial charge in [0.15, 0.2) is 0 Å². The van der Waals surface area contributed by atoms with Gasteiger partial charge in [0.2, 0.25) is 0 Å². The summed E-state index contributed by atoms with van der Waals surface area (Å²) in [6.45, 7) is 3.92. The number of aromatic hydroxyl groups is 1. The number of rotatable bonds is 2. The lowest BCUT2D eigenvalue weighted by atomic mass is 9.49. The molecule has 0 aliphatic heterocycles. The van der Waals surface area contributed by atoms with Crippen LogP contribution in [0.25, 0.3) is 0 Å². The van der Waals surface area contributed by atoms with Gasteiger partial charge in [-0.05, 0) is 74.3 Å². The first-order valence-electron chi connectivity index (χ1n) is 9.50. The molecule has 3 unspecified atom stereocenters. The SMILES string of the molecule is CCC12CC(C)(O)C(O)(c3cccnc3)C[C@H]1CCc1cc(O)ccc12. The van der Waals surface area contributed by atoms with Gasteiger partial charge in [-0.1, -0.05) is 19.1 Å². The molecule has 2 aliphatic carbocycles. The third-order valence-electron chi connectivity index (χ3n) is 7.03. The molecule has 0 bridgehead atoms. The molecule has 2 aliphatic rings. The Labute approximate surface area is 154 Å². The molecule has 4 atom stereocenters. The molecule has 1 saturated carbocycles. The van der Waals surface area contributed by atoms with E-state index >= 15 is 0 Å². The molecule has 3 N–H and O–H groups in total. The average Bonchev–Trinajstić information content (AvgIpc) is 2.63. The van der Waals surface area contributed by atoms with Crippen molar-refractivity contribution in [1.82, 2.24) is 4.98 Å². The second-order valence-electron chi connectivity index (χ2n) is 8.34. The highest BCUT2D eigenvalue weighted by Crippen LogP contribution is 2.60. The summed E-state index contributed by atoms with van der Waals surface area (Å²) >= 11 is 0. The van der Waals surface area contributed by atoms with E-state index in [-0.39, 0.29) is 11.3 Å². The lowest BCUT2D eigenvalue weighted by Gasteiger charge is -2.59. The highest BCUT2D eigenvalue weighted by molar-refractivity contribution is 5.44. The van der Waals surface area contributed by atoms with Crippen LogP contribution in [0.2, 0.25) is 0 Å². The molecule has 1 aromatic heterocycles. The van der Waals surface area contributed by atoms with Crippen LogP contribution < -0.4 is 0 Å². The number of fused-ring (bicyclic) bond motifs is 3. The molecular formula is C22H27NO3. The van der Waals surface area contributed by atoms with Gasteiger partial charge in [0.25, 0.3) is 0 Å². The number of hydrogen-bond donors (Lipinski definition) is 3. The second-order valence-corrected chi connectivity index (χ2v) is 8.34. The van der Waals surface area contributed by atoms with Gasteiger partial charge in [0, 0.05) is 23.4 Å². The maximum atomic E-state index is 11.6. The van der Waals surface area contributed by atoms with Crippen molar-refractivity contribution in [1.29, 1.82) is 0 Å². The number of phenols is 1. The largest absolute Gasteiger partial charge is 0.508 e. The Bertz CT molecular complexity index is 819.